The summed E-state index contributed by atoms with van der Waals surface area (Å²) < 4.78 is 2.35. The van der Waals surface area contributed by atoms with Crippen LogP contribution in [0.5, 0.6) is 0 Å². The van der Waals surface area contributed by atoms with Crippen molar-refractivity contribution in [2.24, 2.45) is 0 Å². The number of aryl methyl sites for hydroxylation is 1. The molecular weight excluding hydrogens is 414 g/mol. The number of hydrogen-bond donors (Lipinski definition) is 1. The zero-order valence-corrected chi connectivity index (χ0v) is 18.8. The maximum absolute atomic E-state index is 13.1. The molecule has 0 aliphatic heterocycles. The second-order valence-electron chi connectivity index (χ2n) is 7.35. The van der Waals surface area contributed by atoms with E-state index < -0.39 is 17.0 Å². The number of hydrogen-bond acceptors (Lipinski definition) is 7. The Morgan fingerprint density at radius 2 is 1.87 bits per heavy atom. The Hall–Kier alpha value is -3.04. The smallest absolute Gasteiger partial charge is 0.332 e. The lowest BCUT2D eigenvalue weighted by atomic mass is 10.1. The molecule has 0 saturated heterocycles. The molecule has 0 unspecified atom stereocenters. The minimum atomic E-state index is -0.644. The number of Topliss-reactive ketones (excluding diaryl/α,β-unsaturated/α-hetero) is 1. The van der Waals surface area contributed by atoms with Gasteiger partial charge in [-0.2, -0.15) is 0 Å². The third-order valence-electron chi connectivity index (χ3n) is 4.99. The molecule has 3 aromatic rings. The average molecular weight is 442 g/mol. The molecule has 0 spiro atoms. The van der Waals surface area contributed by atoms with Crippen LogP contribution < -0.4 is 17.0 Å². The van der Waals surface area contributed by atoms with E-state index in [9.17, 15) is 14.4 Å². The van der Waals surface area contributed by atoms with Gasteiger partial charge in [0, 0.05) is 18.5 Å². The predicted octanol–water partition coefficient (Wildman–Crippen LogP) is 1.99. The van der Waals surface area contributed by atoms with Crippen molar-refractivity contribution in [3.05, 3.63) is 78.4 Å². The fourth-order valence-electron chi connectivity index (χ4n) is 3.42. The van der Waals surface area contributed by atoms with Crippen molar-refractivity contribution < 1.29 is 4.79 Å². The van der Waals surface area contributed by atoms with Crippen LogP contribution in [0.4, 0.5) is 5.82 Å². The van der Waals surface area contributed by atoms with E-state index >= 15 is 0 Å². The number of nitrogens with zero attached hydrogens (tertiary/aromatic N) is 4. The number of thiazole rings is 1. The molecule has 8 nitrogen and oxygen atoms in total. The van der Waals surface area contributed by atoms with Crippen LogP contribution in [0.25, 0.3) is 0 Å². The van der Waals surface area contributed by atoms with Crippen LogP contribution in [0.2, 0.25) is 0 Å². The van der Waals surface area contributed by atoms with E-state index in [0.717, 1.165) is 27.3 Å². The largest absolute Gasteiger partial charge is 0.384 e. The highest BCUT2D eigenvalue weighted by Crippen LogP contribution is 2.13. The maximum Gasteiger partial charge on any atom is 0.332 e. The fourth-order valence-corrected chi connectivity index (χ4v) is 4.15. The summed E-state index contributed by atoms with van der Waals surface area (Å²) in [4.78, 5) is 45.1. The monoisotopic (exact) mass is 441 g/mol. The number of nitrogens with two attached hydrogens (primary N) is 1. The van der Waals surface area contributed by atoms with Gasteiger partial charge in [0.15, 0.2) is 5.78 Å². The molecule has 2 heterocycles. The van der Waals surface area contributed by atoms with Gasteiger partial charge in [0.2, 0.25) is 0 Å². The van der Waals surface area contributed by atoms with Crippen molar-refractivity contribution in [2.75, 3.05) is 19.3 Å². The van der Waals surface area contributed by atoms with Gasteiger partial charge >= 0.3 is 5.69 Å². The van der Waals surface area contributed by atoms with Gasteiger partial charge < -0.3 is 5.73 Å². The van der Waals surface area contributed by atoms with Gasteiger partial charge in [-0.25, -0.2) is 9.78 Å². The first-order valence-corrected chi connectivity index (χ1v) is 11.1. The molecule has 2 aromatic heterocycles. The van der Waals surface area contributed by atoms with Crippen LogP contribution in [0.3, 0.4) is 0 Å². The summed E-state index contributed by atoms with van der Waals surface area (Å²) >= 11 is 1.59. The Kier molecular flexibility index (Phi) is 7.19. The topological polar surface area (TPSA) is 103 Å². The zero-order valence-electron chi connectivity index (χ0n) is 18.0. The fraction of sp³-hybridized carbons (Fsp3) is 0.364. The van der Waals surface area contributed by atoms with E-state index in [1.54, 1.807) is 30.2 Å². The van der Waals surface area contributed by atoms with Crippen molar-refractivity contribution in [3.63, 3.8) is 0 Å². The number of aromatic nitrogens is 3. The SMILES string of the molecule is CCc1nc(CN(C)CC(=O)c2c(N)n(Cc3ccccc3)c(=O)n(CC)c2=O)cs1. The second-order valence-corrected chi connectivity index (χ2v) is 8.29. The summed E-state index contributed by atoms with van der Waals surface area (Å²) in [6, 6.07) is 9.31. The maximum atomic E-state index is 13.1. The number of carbonyl (C=O) groups is 1. The van der Waals surface area contributed by atoms with Gasteiger partial charge in [0.1, 0.15) is 11.4 Å². The number of likely N-dealkylation sites (N-methyl/N-ethyl adjacent to an activating group) is 1. The van der Waals surface area contributed by atoms with Gasteiger partial charge in [-0.3, -0.25) is 23.6 Å². The summed E-state index contributed by atoms with van der Waals surface area (Å²) in [6.45, 7) is 4.54. The first-order valence-electron chi connectivity index (χ1n) is 10.2. The molecule has 0 fully saturated rings. The van der Waals surface area contributed by atoms with E-state index in [1.807, 2.05) is 42.6 Å². The normalized spacial score (nSPS) is 11.2. The van der Waals surface area contributed by atoms with E-state index in [2.05, 4.69) is 4.98 Å². The lowest BCUT2D eigenvalue weighted by molar-refractivity contribution is 0.0940. The van der Waals surface area contributed by atoms with Gasteiger partial charge in [0.25, 0.3) is 5.56 Å². The predicted molar refractivity (Wildman–Crippen MR) is 123 cm³/mol. The summed E-state index contributed by atoms with van der Waals surface area (Å²) in [6.07, 6.45) is 0.864. The van der Waals surface area contributed by atoms with E-state index in [0.29, 0.717) is 6.54 Å². The molecule has 0 saturated carbocycles. The number of nitrogen functional groups attached to an aromatic ring is 1. The zero-order chi connectivity index (χ0) is 22.5. The molecule has 0 bridgehead atoms. The highest BCUT2D eigenvalue weighted by molar-refractivity contribution is 7.09. The Bertz CT molecular complexity index is 1180. The van der Waals surface area contributed by atoms with Crippen LogP contribution in [0, 0.1) is 0 Å². The molecule has 164 valence electrons. The van der Waals surface area contributed by atoms with Crippen LogP contribution in [-0.4, -0.2) is 38.4 Å². The third-order valence-corrected chi connectivity index (χ3v) is 6.04. The molecule has 0 amide bonds. The van der Waals surface area contributed by atoms with Crippen molar-refractivity contribution in [3.8, 4) is 0 Å². The van der Waals surface area contributed by atoms with Crippen molar-refractivity contribution >= 4 is 22.9 Å². The average Bonchev–Trinajstić information content (AvgIpc) is 3.19. The first kappa shape index (κ1) is 22.6. The van der Waals surface area contributed by atoms with Crippen LogP contribution in [-0.2, 0) is 26.1 Å². The van der Waals surface area contributed by atoms with Gasteiger partial charge in [0.05, 0.1) is 23.8 Å². The van der Waals surface area contributed by atoms with Crippen molar-refractivity contribution in [1.29, 1.82) is 0 Å². The molecule has 0 radical (unpaired) electrons. The minimum absolute atomic E-state index is 0.00825. The summed E-state index contributed by atoms with van der Waals surface area (Å²) in [5.41, 5.74) is 6.63. The number of rotatable bonds is 9. The molecule has 1 aromatic carbocycles. The molecule has 0 aliphatic rings. The lowest BCUT2D eigenvalue weighted by Crippen LogP contribution is -2.45. The molecule has 0 aliphatic carbocycles. The quantitative estimate of drug-likeness (QED) is 0.510. The van der Waals surface area contributed by atoms with Crippen LogP contribution in [0.1, 0.15) is 40.5 Å². The summed E-state index contributed by atoms with van der Waals surface area (Å²) in [5, 5.41) is 3.01. The Balaban J connectivity index is 1.91. The Labute approximate surface area is 184 Å². The summed E-state index contributed by atoms with van der Waals surface area (Å²) in [7, 11) is 1.79. The Morgan fingerprint density at radius 3 is 2.48 bits per heavy atom. The highest BCUT2D eigenvalue weighted by atomic mass is 32.1. The highest BCUT2D eigenvalue weighted by Gasteiger charge is 2.23. The summed E-state index contributed by atoms with van der Waals surface area (Å²) in [5.74, 6) is -0.510. The molecule has 3 rings (SSSR count). The van der Waals surface area contributed by atoms with Crippen molar-refractivity contribution in [2.45, 2.75) is 39.9 Å². The minimum Gasteiger partial charge on any atom is -0.384 e. The van der Waals surface area contributed by atoms with E-state index in [-0.39, 0.29) is 31.0 Å². The number of ketones is 1. The molecule has 31 heavy (non-hydrogen) atoms. The van der Waals surface area contributed by atoms with Crippen molar-refractivity contribution in [1.82, 2.24) is 19.0 Å². The number of carbonyl (C=O) groups excluding carboxylic acids is 1. The van der Waals surface area contributed by atoms with Gasteiger partial charge in [-0.15, -0.1) is 11.3 Å². The molecule has 0 atom stereocenters. The number of benzene rings is 1. The second kappa shape index (κ2) is 9.84. The van der Waals surface area contributed by atoms with Gasteiger partial charge in [-0.05, 0) is 26.0 Å². The number of anilines is 1. The van der Waals surface area contributed by atoms with E-state index in [4.69, 9.17) is 5.73 Å². The molecular formula is C22H27N5O3S. The van der Waals surface area contributed by atoms with Gasteiger partial charge in [-0.1, -0.05) is 37.3 Å². The first-order chi connectivity index (χ1) is 14.8. The Morgan fingerprint density at radius 1 is 1.16 bits per heavy atom. The molecule has 2 N–H and O–H groups in total. The third kappa shape index (κ3) is 5.00. The van der Waals surface area contributed by atoms with Crippen LogP contribution in [0.15, 0.2) is 45.3 Å². The van der Waals surface area contributed by atoms with Crippen LogP contribution >= 0.6 is 11.3 Å². The van der Waals surface area contributed by atoms with E-state index in [1.165, 1.54) is 4.57 Å². The standard InChI is InChI=1S/C22H27N5O3S/c1-4-18-24-16(14-31-18)12-25(3)13-17(28)19-20(23)27(11-15-9-7-6-8-10-15)22(30)26(5-2)21(19)29/h6-10,14H,4-5,11-13,23H2,1-3H3. The molecule has 9 heteroatoms. The lowest BCUT2D eigenvalue weighted by Gasteiger charge is -2.18.